The van der Waals surface area contributed by atoms with E-state index in [1.807, 2.05) is 24.3 Å². The summed E-state index contributed by atoms with van der Waals surface area (Å²) in [6.07, 6.45) is 8.69. The van der Waals surface area contributed by atoms with Crippen molar-refractivity contribution in [1.29, 1.82) is 0 Å². The van der Waals surface area contributed by atoms with Crippen molar-refractivity contribution in [2.24, 2.45) is 0 Å². The summed E-state index contributed by atoms with van der Waals surface area (Å²) in [4.78, 5) is 14.0. The maximum absolute atomic E-state index is 9.31. The molecule has 0 aliphatic carbocycles. The van der Waals surface area contributed by atoms with E-state index in [0.29, 0.717) is 5.02 Å². The van der Waals surface area contributed by atoms with Crippen LogP contribution in [0.15, 0.2) is 78.9 Å². The Hall–Kier alpha value is -2.88. The first-order valence-corrected chi connectivity index (χ1v) is 12.4. The largest absolute Gasteiger partial charge is 0.288 e. The van der Waals surface area contributed by atoms with Gasteiger partial charge in [-0.15, -0.1) is 12.6 Å². The standard InChI is InChI=1S/C28H26ClN.C2H4OS/c1-2-23-10-3-4-11-24(23)12-6-9-21-7-5-8-22(19-21)13-17-27-18-15-25-14-16-26(29)20-28(25)30-27;1-2(3)4/h3-5,7-8,10-11,13-20H,2,6,9,12H2,1H3;1H3,(H,3,4)/b17-13+;. The molecule has 0 spiro atoms. The first-order chi connectivity index (χ1) is 16.4. The molecule has 3 aromatic carbocycles. The number of carbonyl (C=O) groups is 1. The zero-order valence-electron chi connectivity index (χ0n) is 19.7. The van der Waals surface area contributed by atoms with Gasteiger partial charge in [0.2, 0.25) is 0 Å². The zero-order chi connectivity index (χ0) is 24.3. The van der Waals surface area contributed by atoms with Crippen LogP contribution in [0.25, 0.3) is 23.1 Å². The number of pyridine rings is 1. The van der Waals surface area contributed by atoms with Crippen molar-refractivity contribution in [2.45, 2.75) is 39.5 Å². The Morgan fingerprint density at radius 3 is 2.41 bits per heavy atom. The Morgan fingerprint density at radius 2 is 1.65 bits per heavy atom. The molecule has 0 amide bonds. The van der Waals surface area contributed by atoms with Gasteiger partial charge in [0.1, 0.15) is 0 Å². The van der Waals surface area contributed by atoms with Crippen molar-refractivity contribution in [1.82, 2.24) is 4.98 Å². The second-order valence-corrected chi connectivity index (χ2v) is 9.21. The van der Waals surface area contributed by atoms with E-state index >= 15 is 0 Å². The third-order valence-electron chi connectivity index (χ3n) is 5.48. The van der Waals surface area contributed by atoms with Crippen molar-refractivity contribution in [2.75, 3.05) is 0 Å². The van der Waals surface area contributed by atoms with Gasteiger partial charge in [-0.2, -0.15) is 0 Å². The fourth-order valence-electron chi connectivity index (χ4n) is 3.86. The summed E-state index contributed by atoms with van der Waals surface area (Å²) in [6, 6.07) is 27.5. The summed E-state index contributed by atoms with van der Waals surface area (Å²) in [5, 5.41) is 1.67. The minimum absolute atomic E-state index is 0.139. The Labute approximate surface area is 213 Å². The molecule has 0 unspecified atom stereocenters. The Kier molecular flexibility index (Phi) is 9.93. The summed E-state index contributed by atoms with van der Waals surface area (Å²) in [6.45, 7) is 3.62. The predicted octanol–water partition coefficient (Wildman–Crippen LogP) is 8.26. The second-order valence-electron chi connectivity index (χ2n) is 8.15. The van der Waals surface area contributed by atoms with Crippen LogP contribution in [-0.4, -0.2) is 10.1 Å². The van der Waals surface area contributed by atoms with Gasteiger partial charge in [0, 0.05) is 17.3 Å². The first-order valence-electron chi connectivity index (χ1n) is 11.5. The fourth-order valence-corrected chi connectivity index (χ4v) is 4.03. The Bertz CT molecular complexity index is 1280. The molecule has 4 aromatic rings. The van der Waals surface area contributed by atoms with Gasteiger partial charge in [-0.25, -0.2) is 4.98 Å². The Morgan fingerprint density at radius 1 is 0.912 bits per heavy atom. The molecule has 0 saturated heterocycles. The van der Waals surface area contributed by atoms with Crippen molar-refractivity contribution in [3.05, 3.63) is 112 Å². The van der Waals surface area contributed by atoms with Gasteiger partial charge in [0.15, 0.2) is 5.12 Å². The van der Waals surface area contributed by atoms with Gasteiger partial charge in [0.05, 0.1) is 11.2 Å². The summed E-state index contributed by atoms with van der Waals surface area (Å²) < 4.78 is 0. The molecule has 1 heterocycles. The molecule has 0 atom stereocenters. The molecule has 4 heteroatoms. The summed E-state index contributed by atoms with van der Waals surface area (Å²) >= 11 is 9.43. The SMILES string of the molecule is CC(=O)S.CCc1ccccc1CCCc1cccc(/C=C/c2ccc3ccc(Cl)cc3n2)c1. The van der Waals surface area contributed by atoms with Crippen molar-refractivity contribution in [3.63, 3.8) is 0 Å². The molecule has 2 nitrogen and oxygen atoms in total. The molecule has 34 heavy (non-hydrogen) atoms. The molecule has 0 saturated carbocycles. The Balaban J connectivity index is 0.000000751. The first kappa shape index (κ1) is 25.7. The molecule has 0 aliphatic rings. The summed E-state index contributed by atoms with van der Waals surface area (Å²) in [5.74, 6) is 0. The molecular weight excluding hydrogens is 458 g/mol. The van der Waals surface area contributed by atoms with Crippen LogP contribution in [0.1, 0.15) is 48.2 Å². The van der Waals surface area contributed by atoms with Gasteiger partial charge < -0.3 is 0 Å². The number of rotatable bonds is 7. The highest BCUT2D eigenvalue weighted by Crippen LogP contribution is 2.19. The highest BCUT2D eigenvalue weighted by molar-refractivity contribution is 7.96. The molecule has 0 bridgehead atoms. The maximum Gasteiger partial charge on any atom is 0.182 e. The number of aryl methyl sites for hydroxylation is 3. The third kappa shape index (κ3) is 8.16. The number of carbonyl (C=O) groups excluding carboxylic acids is 1. The predicted molar refractivity (Wildman–Crippen MR) is 150 cm³/mol. The third-order valence-corrected chi connectivity index (χ3v) is 5.72. The van der Waals surface area contributed by atoms with E-state index in [2.05, 4.69) is 86.3 Å². The van der Waals surface area contributed by atoms with Crippen LogP contribution in [0.2, 0.25) is 5.02 Å². The molecule has 4 rings (SSSR count). The highest BCUT2D eigenvalue weighted by atomic mass is 35.5. The molecule has 174 valence electrons. The van der Waals surface area contributed by atoms with Gasteiger partial charge in [-0.1, -0.05) is 85.3 Å². The van der Waals surface area contributed by atoms with Crippen LogP contribution in [0.4, 0.5) is 0 Å². The maximum atomic E-state index is 9.31. The lowest BCUT2D eigenvalue weighted by Crippen LogP contribution is -1.95. The fraction of sp³-hybridized carbons (Fsp3) is 0.200. The normalized spacial score (nSPS) is 10.8. The van der Waals surface area contributed by atoms with E-state index in [1.165, 1.54) is 29.2 Å². The number of thiol groups is 1. The van der Waals surface area contributed by atoms with Crippen LogP contribution >= 0.6 is 24.2 Å². The van der Waals surface area contributed by atoms with Crippen molar-refractivity contribution >= 4 is 52.4 Å². The van der Waals surface area contributed by atoms with Gasteiger partial charge >= 0.3 is 0 Å². The van der Waals surface area contributed by atoms with Crippen LogP contribution in [0.3, 0.4) is 0 Å². The van der Waals surface area contributed by atoms with Crippen LogP contribution < -0.4 is 0 Å². The van der Waals surface area contributed by atoms with Crippen molar-refractivity contribution < 1.29 is 4.79 Å². The van der Waals surface area contributed by atoms with Gasteiger partial charge in [-0.3, -0.25) is 4.79 Å². The van der Waals surface area contributed by atoms with Crippen LogP contribution in [0, 0.1) is 0 Å². The smallest absolute Gasteiger partial charge is 0.182 e. The zero-order valence-corrected chi connectivity index (χ0v) is 21.3. The number of benzene rings is 3. The molecule has 0 aliphatic heterocycles. The number of hydrogen-bond donors (Lipinski definition) is 1. The van der Waals surface area contributed by atoms with Gasteiger partial charge in [-0.05, 0) is 72.2 Å². The quantitative estimate of drug-likeness (QED) is 0.266. The lowest BCUT2D eigenvalue weighted by Gasteiger charge is -2.08. The second kappa shape index (κ2) is 13.1. The molecule has 1 aromatic heterocycles. The van der Waals surface area contributed by atoms with Crippen LogP contribution in [0.5, 0.6) is 0 Å². The topological polar surface area (TPSA) is 30.0 Å². The summed E-state index contributed by atoms with van der Waals surface area (Å²) in [7, 11) is 0. The van der Waals surface area contributed by atoms with Crippen molar-refractivity contribution in [3.8, 4) is 0 Å². The molecule has 0 fully saturated rings. The monoisotopic (exact) mass is 487 g/mol. The molecule has 0 radical (unpaired) electrons. The number of fused-ring (bicyclic) bond motifs is 1. The number of nitrogens with zero attached hydrogens (tertiary/aromatic N) is 1. The number of aromatic nitrogens is 1. The van der Waals surface area contributed by atoms with E-state index in [1.54, 1.807) is 0 Å². The number of hydrogen-bond acceptors (Lipinski definition) is 2. The van der Waals surface area contributed by atoms with Gasteiger partial charge in [0.25, 0.3) is 0 Å². The van der Waals surface area contributed by atoms with E-state index in [9.17, 15) is 4.79 Å². The van der Waals surface area contributed by atoms with E-state index < -0.39 is 0 Å². The molecular formula is C30H30ClNOS. The highest BCUT2D eigenvalue weighted by Gasteiger charge is 2.01. The minimum atomic E-state index is -0.139. The van der Waals surface area contributed by atoms with E-state index in [0.717, 1.165) is 42.3 Å². The average molecular weight is 488 g/mol. The lowest BCUT2D eigenvalue weighted by molar-refractivity contribution is -0.108. The summed E-state index contributed by atoms with van der Waals surface area (Å²) in [5.41, 5.74) is 7.40. The number of halogens is 1. The minimum Gasteiger partial charge on any atom is -0.288 e. The van der Waals surface area contributed by atoms with Crippen LogP contribution in [-0.2, 0) is 24.1 Å². The van der Waals surface area contributed by atoms with E-state index in [4.69, 9.17) is 16.6 Å². The lowest BCUT2D eigenvalue weighted by atomic mass is 9.98. The van der Waals surface area contributed by atoms with E-state index in [-0.39, 0.29) is 5.12 Å². The average Bonchev–Trinajstić information content (AvgIpc) is 2.83. The molecule has 0 N–H and O–H groups in total.